The summed E-state index contributed by atoms with van der Waals surface area (Å²) in [4.78, 5) is 15.9. The van der Waals surface area contributed by atoms with Crippen molar-refractivity contribution in [2.75, 3.05) is 18.4 Å². The van der Waals surface area contributed by atoms with Crippen LogP contribution in [0.4, 0.5) is 15.0 Å². The van der Waals surface area contributed by atoms with Crippen LogP contribution in [0, 0.1) is 5.82 Å². The maximum Gasteiger partial charge on any atom is 0.330 e. The zero-order valence-corrected chi connectivity index (χ0v) is 12.3. The second kappa shape index (κ2) is 5.64. The van der Waals surface area contributed by atoms with Crippen LogP contribution >= 0.6 is 0 Å². The van der Waals surface area contributed by atoms with Crippen molar-refractivity contribution in [2.45, 2.75) is 18.6 Å². The lowest BCUT2D eigenvalue weighted by atomic mass is 10.1. The van der Waals surface area contributed by atoms with Gasteiger partial charge in [0.1, 0.15) is 17.8 Å². The number of rotatable bonds is 3. The van der Waals surface area contributed by atoms with Crippen molar-refractivity contribution in [3.63, 3.8) is 0 Å². The Morgan fingerprint density at radius 2 is 2.26 bits per heavy atom. The number of nitrogens with zero attached hydrogens (tertiary/aromatic N) is 1. The lowest BCUT2D eigenvalue weighted by molar-refractivity contribution is 0.247. The maximum absolute atomic E-state index is 14.3. The summed E-state index contributed by atoms with van der Waals surface area (Å²) in [6, 6.07) is 6.61. The van der Waals surface area contributed by atoms with Crippen molar-refractivity contribution in [2.24, 2.45) is 0 Å². The second-order valence-corrected chi connectivity index (χ2v) is 5.74. The highest BCUT2D eigenvalue weighted by Crippen LogP contribution is 2.28. The number of nitrogens with one attached hydrogen (secondary N) is 5. The zero-order valence-electron chi connectivity index (χ0n) is 12.3. The molecule has 2 aromatic rings. The molecule has 0 spiro atoms. The minimum atomic E-state index is -0.447. The number of hydrazine groups is 1. The smallest absolute Gasteiger partial charge is 0.330 e. The molecule has 0 aliphatic carbocycles. The molecule has 7 nitrogen and oxygen atoms in total. The van der Waals surface area contributed by atoms with Crippen LogP contribution in [0.1, 0.15) is 18.3 Å². The fraction of sp³-hybridized carbons (Fsp3) is 0.333. The predicted octanol–water partition coefficient (Wildman–Crippen LogP) is 0.964. The van der Waals surface area contributed by atoms with Gasteiger partial charge in [-0.05, 0) is 30.5 Å². The molecule has 120 valence electrons. The average molecular weight is 316 g/mol. The van der Waals surface area contributed by atoms with Gasteiger partial charge in [0.15, 0.2) is 0 Å². The number of anilines is 1. The molecule has 1 aromatic heterocycles. The van der Waals surface area contributed by atoms with Crippen molar-refractivity contribution < 1.29 is 9.18 Å². The van der Waals surface area contributed by atoms with Gasteiger partial charge >= 0.3 is 6.03 Å². The van der Waals surface area contributed by atoms with E-state index in [1.54, 1.807) is 12.1 Å². The third-order valence-corrected chi connectivity index (χ3v) is 4.13. The number of benzene rings is 1. The van der Waals surface area contributed by atoms with Crippen LogP contribution in [0.5, 0.6) is 0 Å². The number of aromatic nitrogens is 1. The highest BCUT2D eigenvalue weighted by Gasteiger charge is 2.25. The molecular weight excluding hydrogens is 299 g/mol. The zero-order chi connectivity index (χ0) is 15.8. The number of pyridine rings is 1. The Bertz CT molecular complexity index is 761. The number of carbonyl (C=O) groups excluding carboxylic acids is 1. The molecule has 2 aliphatic rings. The lowest BCUT2D eigenvalue weighted by Gasteiger charge is -2.17. The lowest BCUT2D eigenvalue weighted by Crippen LogP contribution is -2.28. The van der Waals surface area contributed by atoms with Crippen molar-refractivity contribution in [1.29, 1.82) is 0 Å². The van der Waals surface area contributed by atoms with Crippen molar-refractivity contribution in [3.05, 3.63) is 35.8 Å². The number of hydrogen-bond acceptors (Lipinski definition) is 5. The summed E-state index contributed by atoms with van der Waals surface area (Å²) in [5.41, 5.74) is 5.91. The Hall–Kier alpha value is -2.45. The standard InChI is InChI=1S/C15H17FN6O/c16-10-3-1-2-8-6-11(13-20-15(23)22-21-13)19-14(12(8)10)18-9-4-5-17-7-9/h1-3,6,9,13,17,21H,4-5,7H2,(H,18,19)(H2,20,22,23)/t9-,13?/m0/s1. The molecule has 0 saturated carbocycles. The SMILES string of the molecule is O=C1NNC(c2cc3cccc(F)c3c(N[C@H]3CCNC3)n2)N1. The third-order valence-electron chi connectivity index (χ3n) is 4.13. The largest absolute Gasteiger partial charge is 0.365 e. The van der Waals surface area contributed by atoms with E-state index < -0.39 is 6.17 Å². The number of urea groups is 1. The summed E-state index contributed by atoms with van der Waals surface area (Å²) in [7, 11) is 0. The molecule has 8 heteroatoms. The quantitative estimate of drug-likeness (QED) is 0.582. The van der Waals surface area contributed by atoms with Gasteiger partial charge in [-0.25, -0.2) is 19.6 Å². The van der Waals surface area contributed by atoms with Crippen molar-refractivity contribution in [3.8, 4) is 0 Å². The van der Waals surface area contributed by atoms with E-state index in [0.717, 1.165) is 24.9 Å². The van der Waals surface area contributed by atoms with Gasteiger partial charge < -0.3 is 16.0 Å². The molecule has 2 aliphatic heterocycles. The first-order valence-electron chi connectivity index (χ1n) is 7.59. The Morgan fingerprint density at radius 3 is 3.00 bits per heavy atom. The van der Waals surface area contributed by atoms with E-state index in [2.05, 4.69) is 31.8 Å². The van der Waals surface area contributed by atoms with Gasteiger partial charge in [0.25, 0.3) is 0 Å². The van der Waals surface area contributed by atoms with Crippen LogP contribution in [0.3, 0.4) is 0 Å². The molecule has 1 aromatic carbocycles. The second-order valence-electron chi connectivity index (χ2n) is 5.74. The molecule has 3 heterocycles. The van der Waals surface area contributed by atoms with E-state index in [9.17, 15) is 9.18 Å². The van der Waals surface area contributed by atoms with Crippen LogP contribution in [0.15, 0.2) is 24.3 Å². The first-order valence-corrected chi connectivity index (χ1v) is 7.59. The van der Waals surface area contributed by atoms with Crippen LogP contribution in [-0.2, 0) is 0 Å². The van der Waals surface area contributed by atoms with E-state index >= 15 is 0 Å². The van der Waals surface area contributed by atoms with Crippen LogP contribution in [0.25, 0.3) is 10.8 Å². The van der Waals surface area contributed by atoms with Gasteiger partial charge in [0, 0.05) is 12.6 Å². The Labute approximate surface area is 132 Å². The van der Waals surface area contributed by atoms with E-state index in [-0.39, 0.29) is 17.9 Å². The molecule has 1 unspecified atom stereocenters. The van der Waals surface area contributed by atoms with Gasteiger partial charge in [-0.2, -0.15) is 0 Å². The predicted molar refractivity (Wildman–Crippen MR) is 84.1 cm³/mol. The molecule has 23 heavy (non-hydrogen) atoms. The number of carbonyl (C=O) groups is 1. The molecule has 4 rings (SSSR count). The van der Waals surface area contributed by atoms with Crippen LogP contribution < -0.4 is 26.8 Å². The first kappa shape index (κ1) is 14.2. The minimum Gasteiger partial charge on any atom is -0.365 e. The van der Waals surface area contributed by atoms with Gasteiger partial charge in [0.2, 0.25) is 0 Å². The average Bonchev–Trinajstić information content (AvgIpc) is 3.19. The van der Waals surface area contributed by atoms with Crippen LogP contribution in [-0.4, -0.2) is 30.1 Å². The summed E-state index contributed by atoms with van der Waals surface area (Å²) < 4.78 is 14.3. The van der Waals surface area contributed by atoms with E-state index in [1.807, 2.05) is 6.07 Å². The van der Waals surface area contributed by atoms with E-state index in [4.69, 9.17) is 0 Å². The monoisotopic (exact) mass is 316 g/mol. The molecule has 5 N–H and O–H groups in total. The Kier molecular flexibility index (Phi) is 3.47. The minimum absolute atomic E-state index is 0.213. The van der Waals surface area contributed by atoms with Gasteiger partial charge in [-0.15, -0.1) is 0 Å². The van der Waals surface area contributed by atoms with E-state index in [0.29, 0.717) is 16.9 Å². The summed E-state index contributed by atoms with van der Waals surface area (Å²) >= 11 is 0. The summed E-state index contributed by atoms with van der Waals surface area (Å²) in [6.45, 7) is 1.75. The highest BCUT2D eigenvalue weighted by molar-refractivity contribution is 5.93. The molecule has 2 saturated heterocycles. The van der Waals surface area contributed by atoms with Crippen LogP contribution in [0.2, 0.25) is 0 Å². The number of fused-ring (bicyclic) bond motifs is 1. The van der Waals surface area contributed by atoms with Crippen molar-refractivity contribution >= 4 is 22.6 Å². The molecule has 0 bridgehead atoms. The fourth-order valence-corrected chi connectivity index (χ4v) is 3.00. The normalized spacial score (nSPS) is 23.8. The summed E-state index contributed by atoms with van der Waals surface area (Å²) in [5.74, 6) is 0.198. The molecule has 2 atom stereocenters. The number of hydrogen-bond donors (Lipinski definition) is 5. The number of amides is 2. The highest BCUT2D eigenvalue weighted by atomic mass is 19.1. The van der Waals surface area contributed by atoms with Gasteiger partial charge in [-0.1, -0.05) is 12.1 Å². The summed E-state index contributed by atoms with van der Waals surface area (Å²) in [6.07, 6.45) is 0.513. The molecule has 2 fully saturated rings. The van der Waals surface area contributed by atoms with Gasteiger partial charge in [-0.3, -0.25) is 5.43 Å². The first-order chi connectivity index (χ1) is 11.2. The molecule has 0 radical (unpaired) electrons. The Morgan fingerprint density at radius 1 is 1.35 bits per heavy atom. The topological polar surface area (TPSA) is 90.1 Å². The molecule has 2 amide bonds. The number of halogens is 1. The Balaban J connectivity index is 1.78. The fourth-order valence-electron chi connectivity index (χ4n) is 3.00. The molecular formula is C15H17FN6O. The third kappa shape index (κ3) is 2.66. The van der Waals surface area contributed by atoms with Crippen molar-refractivity contribution in [1.82, 2.24) is 26.5 Å². The van der Waals surface area contributed by atoms with Gasteiger partial charge in [0.05, 0.1) is 11.1 Å². The van der Waals surface area contributed by atoms with E-state index in [1.165, 1.54) is 6.07 Å². The summed E-state index contributed by atoms with van der Waals surface area (Å²) in [5, 5.41) is 10.5. The maximum atomic E-state index is 14.3.